The van der Waals surface area contributed by atoms with Crippen molar-refractivity contribution < 1.29 is 21.4 Å². The molecule has 0 aliphatic heterocycles. The Morgan fingerprint density at radius 2 is 1.59 bits per heavy atom. The Morgan fingerprint density at radius 3 is 2.22 bits per heavy atom. The number of halogens is 3. The van der Waals surface area contributed by atoms with Crippen molar-refractivity contribution in [1.82, 2.24) is 0 Å². The molecule has 0 fully saturated rings. The van der Waals surface area contributed by atoms with Crippen LogP contribution in [0.4, 0.5) is 14.5 Å². The fourth-order valence-electron chi connectivity index (χ4n) is 2.12. The quantitative estimate of drug-likeness (QED) is 0.435. The van der Waals surface area contributed by atoms with Crippen LogP contribution < -0.4 is 4.18 Å². The highest BCUT2D eigenvalue weighted by atomic mass is 35.5. The SMILES string of the molecule is O=S(=O)(Oc1ccc(C=Nc2ccc(F)cc2F)cc1)c1ccc(Cl)cc1. The fourth-order valence-corrected chi connectivity index (χ4v) is 3.17. The van der Waals surface area contributed by atoms with Gasteiger partial charge in [-0.1, -0.05) is 11.6 Å². The standard InChI is InChI=1S/C19H12ClF2NO3S/c20-14-3-8-17(9-4-14)27(24,25)26-16-6-1-13(2-7-16)12-23-19-10-5-15(21)11-18(19)22/h1-12H. The van der Waals surface area contributed by atoms with Gasteiger partial charge in [0.15, 0.2) is 5.82 Å². The fraction of sp³-hybridized carbons (Fsp3) is 0. The Kier molecular flexibility index (Phi) is 5.53. The van der Waals surface area contributed by atoms with Crippen LogP contribution >= 0.6 is 11.6 Å². The molecule has 0 atom stereocenters. The second kappa shape index (κ2) is 7.85. The summed E-state index contributed by atoms with van der Waals surface area (Å²) in [6.45, 7) is 0. The smallest absolute Gasteiger partial charge is 0.339 e. The zero-order valence-corrected chi connectivity index (χ0v) is 15.2. The maximum absolute atomic E-state index is 13.5. The first-order valence-corrected chi connectivity index (χ1v) is 9.41. The van der Waals surface area contributed by atoms with Crippen LogP contribution in [0.5, 0.6) is 5.75 Å². The van der Waals surface area contributed by atoms with E-state index in [-0.39, 0.29) is 16.3 Å². The van der Waals surface area contributed by atoms with Gasteiger partial charge in [0.1, 0.15) is 16.5 Å². The summed E-state index contributed by atoms with van der Waals surface area (Å²) in [6, 6.07) is 14.6. The van der Waals surface area contributed by atoms with E-state index in [1.54, 1.807) is 12.1 Å². The zero-order valence-electron chi connectivity index (χ0n) is 13.6. The van der Waals surface area contributed by atoms with Gasteiger partial charge in [0.2, 0.25) is 0 Å². The third-order valence-corrected chi connectivity index (χ3v) is 4.96. The molecule has 0 unspecified atom stereocenters. The van der Waals surface area contributed by atoms with Crippen LogP contribution in [0.25, 0.3) is 0 Å². The molecule has 0 saturated heterocycles. The van der Waals surface area contributed by atoms with Crippen molar-refractivity contribution in [1.29, 1.82) is 0 Å². The second-order valence-corrected chi connectivity index (χ2v) is 7.40. The average molecular weight is 408 g/mol. The molecule has 0 heterocycles. The van der Waals surface area contributed by atoms with Crippen LogP contribution in [0.2, 0.25) is 5.02 Å². The lowest BCUT2D eigenvalue weighted by Gasteiger charge is -2.07. The number of benzene rings is 3. The van der Waals surface area contributed by atoms with E-state index in [2.05, 4.69) is 4.99 Å². The van der Waals surface area contributed by atoms with E-state index in [9.17, 15) is 17.2 Å². The minimum atomic E-state index is -3.99. The Hall–Kier alpha value is -2.77. The second-order valence-electron chi connectivity index (χ2n) is 5.41. The normalized spacial score (nSPS) is 11.7. The van der Waals surface area contributed by atoms with Gasteiger partial charge in [-0.2, -0.15) is 8.42 Å². The molecule has 0 aromatic heterocycles. The Bertz CT molecular complexity index is 1080. The van der Waals surface area contributed by atoms with Crippen LogP contribution in [0.1, 0.15) is 5.56 Å². The van der Waals surface area contributed by atoms with E-state index in [0.717, 1.165) is 12.1 Å². The topological polar surface area (TPSA) is 55.7 Å². The molecule has 8 heteroatoms. The highest BCUT2D eigenvalue weighted by molar-refractivity contribution is 7.87. The molecule has 0 radical (unpaired) electrons. The van der Waals surface area contributed by atoms with Crippen LogP contribution in [-0.4, -0.2) is 14.6 Å². The molecule has 0 saturated carbocycles. The predicted molar refractivity (Wildman–Crippen MR) is 99.3 cm³/mol. The lowest BCUT2D eigenvalue weighted by atomic mass is 10.2. The maximum Gasteiger partial charge on any atom is 0.339 e. The van der Waals surface area contributed by atoms with E-state index in [1.165, 1.54) is 48.7 Å². The zero-order chi connectivity index (χ0) is 19.4. The van der Waals surface area contributed by atoms with E-state index >= 15 is 0 Å². The number of nitrogens with zero attached hydrogens (tertiary/aromatic N) is 1. The Morgan fingerprint density at radius 1 is 0.926 bits per heavy atom. The highest BCUT2D eigenvalue weighted by Crippen LogP contribution is 2.21. The molecule has 0 aliphatic rings. The lowest BCUT2D eigenvalue weighted by Crippen LogP contribution is -2.09. The number of rotatable bonds is 5. The van der Waals surface area contributed by atoms with E-state index in [0.29, 0.717) is 10.6 Å². The number of aliphatic imine (C=N–C) groups is 1. The molecule has 3 rings (SSSR count). The first kappa shape index (κ1) is 19.0. The summed E-state index contributed by atoms with van der Waals surface area (Å²) in [5.74, 6) is -1.36. The molecule has 0 bridgehead atoms. The summed E-state index contributed by atoms with van der Waals surface area (Å²) in [5.41, 5.74) is 0.567. The molecule has 0 spiro atoms. The van der Waals surface area contributed by atoms with Crippen molar-refractivity contribution in [2.24, 2.45) is 4.99 Å². The molecule has 0 amide bonds. The number of hydrogen-bond acceptors (Lipinski definition) is 4. The highest BCUT2D eigenvalue weighted by Gasteiger charge is 2.16. The largest absolute Gasteiger partial charge is 0.379 e. The summed E-state index contributed by atoms with van der Waals surface area (Å²) in [6.07, 6.45) is 1.37. The molecule has 138 valence electrons. The number of hydrogen-bond donors (Lipinski definition) is 0. The monoisotopic (exact) mass is 407 g/mol. The molecule has 0 N–H and O–H groups in total. The molecule has 27 heavy (non-hydrogen) atoms. The van der Waals surface area contributed by atoms with E-state index in [1.807, 2.05) is 0 Å². The molecular formula is C19H12ClF2NO3S. The van der Waals surface area contributed by atoms with Gasteiger partial charge in [-0.25, -0.2) is 8.78 Å². The van der Waals surface area contributed by atoms with Crippen molar-refractivity contribution in [3.63, 3.8) is 0 Å². The van der Waals surface area contributed by atoms with E-state index in [4.69, 9.17) is 15.8 Å². The first-order valence-electron chi connectivity index (χ1n) is 7.63. The first-order chi connectivity index (χ1) is 12.8. The summed E-state index contributed by atoms with van der Waals surface area (Å²) in [4.78, 5) is 3.92. The maximum atomic E-state index is 13.5. The van der Waals surface area contributed by atoms with Gasteiger partial charge < -0.3 is 4.18 Å². The van der Waals surface area contributed by atoms with Gasteiger partial charge in [-0.3, -0.25) is 4.99 Å². The molecule has 3 aromatic rings. The minimum absolute atomic E-state index is 0.0120. The third kappa shape index (κ3) is 4.90. The Labute approximate surface area is 159 Å². The summed E-state index contributed by atoms with van der Waals surface area (Å²) in [7, 11) is -3.99. The van der Waals surface area contributed by atoms with Crippen molar-refractivity contribution in [2.45, 2.75) is 4.90 Å². The summed E-state index contributed by atoms with van der Waals surface area (Å²) >= 11 is 5.74. The minimum Gasteiger partial charge on any atom is -0.379 e. The van der Waals surface area contributed by atoms with Crippen molar-refractivity contribution in [3.05, 3.63) is 89.0 Å². The molecule has 3 aromatic carbocycles. The van der Waals surface area contributed by atoms with Crippen LogP contribution in [0.3, 0.4) is 0 Å². The van der Waals surface area contributed by atoms with Gasteiger partial charge in [-0.15, -0.1) is 0 Å². The van der Waals surface area contributed by atoms with Gasteiger partial charge in [0.25, 0.3) is 0 Å². The van der Waals surface area contributed by atoms with E-state index < -0.39 is 21.8 Å². The van der Waals surface area contributed by atoms with Crippen molar-refractivity contribution in [2.75, 3.05) is 0 Å². The van der Waals surface area contributed by atoms with Crippen LogP contribution in [0, 0.1) is 11.6 Å². The van der Waals surface area contributed by atoms with Crippen LogP contribution in [0.15, 0.2) is 76.6 Å². The molecular weight excluding hydrogens is 396 g/mol. The molecule has 4 nitrogen and oxygen atoms in total. The van der Waals surface area contributed by atoms with Crippen LogP contribution in [-0.2, 0) is 10.1 Å². The predicted octanol–water partition coefficient (Wildman–Crippen LogP) is 5.14. The van der Waals surface area contributed by atoms with Gasteiger partial charge in [0.05, 0.1) is 5.69 Å². The van der Waals surface area contributed by atoms with Crippen molar-refractivity contribution >= 4 is 33.6 Å². The van der Waals surface area contributed by atoms with Gasteiger partial charge >= 0.3 is 10.1 Å². The molecule has 0 aliphatic carbocycles. The average Bonchev–Trinajstić information content (AvgIpc) is 2.62. The van der Waals surface area contributed by atoms with Gasteiger partial charge in [-0.05, 0) is 66.2 Å². The summed E-state index contributed by atoms with van der Waals surface area (Å²) < 4.78 is 55.9. The lowest BCUT2D eigenvalue weighted by molar-refractivity contribution is 0.486. The van der Waals surface area contributed by atoms with Gasteiger partial charge in [0, 0.05) is 17.3 Å². The van der Waals surface area contributed by atoms with Crippen molar-refractivity contribution in [3.8, 4) is 5.75 Å². The Balaban J connectivity index is 1.73. The summed E-state index contributed by atoms with van der Waals surface area (Å²) in [5, 5.41) is 0.412. The third-order valence-electron chi connectivity index (χ3n) is 3.45.